The zero-order valence-corrected chi connectivity index (χ0v) is 12.0. The summed E-state index contributed by atoms with van der Waals surface area (Å²) in [5.41, 5.74) is -0.200. The monoisotopic (exact) mass is 297 g/mol. The molecule has 1 aromatic heterocycles. The van der Waals surface area contributed by atoms with Crippen molar-refractivity contribution in [1.29, 1.82) is 5.26 Å². The third-order valence-corrected chi connectivity index (χ3v) is 4.86. The second kappa shape index (κ2) is 6.45. The van der Waals surface area contributed by atoms with Crippen LogP contribution in [0.5, 0.6) is 0 Å². The predicted octanol–water partition coefficient (Wildman–Crippen LogP) is 0.827. The first-order valence-corrected chi connectivity index (χ1v) is 7.37. The summed E-state index contributed by atoms with van der Waals surface area (Å²) in [4.78, 5) is 14.2. The number of hydrogen-bond donors (Lipinski definition) is 1. The molecule has 7 nitrogen and oxygen atoms in total. The lowest BCUT2D eigenvalue weighted by atomic mass is 10.2. The van der Waals surface area contributed by atoms with Crippen molar-refractivity contribution in [2.75, 3.05) is 6.54 Å². The molecule has 0 aliphatic rings. The molecule has 0 bridgehead atoms. The van der Waals surface area contributed by atoms with E-state index in [-0.39, 0.29) is 23.6 Å². The summed E-state index contributed by atoms with van der Waals surface area (Å²) in [5.74, 6) is -1.09. The molecule has 0 saturated carbocycles. The maximum Gasteiger partial charge on any atom is 0.304 e. The number of carboxylic acids is 1. The van der Waals surface area contributed by atoms with E-state index < -0.39 is 22.0 Å². The normalized spacial score (nSPS) is 12.9. The fourth-order valence-electron chi connectivity index (χ4n) is 1.88. The molecule has 20 heavy (non-hydrogen) atoms. The Balaban J connectivity index is 3.26. The van der Waals surface area contributed by atoms with Crippen LogP contribution in [0.4, 0.5) is 0 Å². The van der Waals surface area contributed by atoms with E-state index in [2.05, 4.69) is 4.98 Å². The fourth-order valence-corrected chi connectivity index (χ4v) is 3.62. The summed E-state index contributed by atoms with van der Waals surface area (Å²) in [6.07, 6.45) is 1.02. The number of nitriles is 1. The first-order valence-electron chi connectivity index (χ1n) is 5.93. The van der Waals surface area contributed by atoms with E-state index in [1.807, 2.05) is 0 Å². The topological polar surface area (TPSA) is 111 Å². The number of hydrogen-bond acceptors (Lipinski definition) is 5. The molecule has 1 rings (SSSR count). The van der Waals surface area contributed by atoms with Gasteiger partial charge in [0.2, 0.25) is 10.0 Å². The van der Waals surface area contributed by atoms with Crippen LogP contribution >= 0.6 is 0 Å². The van der Waals surface area contributed by atoms with Crippen LogP contribution in [0.25, 0.3) is 0 Å². The molecule has 0 aliphatic carbocycles. The highest BCUT2D eigenvalue weighted by Gasteiger charge is 2.31. The van der Waals surface area contributed by atoms with Crippen molar-refractivity contribution in [2.24, 2.45) is 0 Å². The van der Waals surface area contributed by atoms with Crippen molar-refractivity contribution in [2.45, 2.75) is 31.2 Å². The number of aromatic nitrogens is 1. The van der Waals surface area contributed by atoms with Crippen molar-refractivity contribution in [3.63, 3.8) is 0 Å². The van der Waals surface area contributed by atoms with E-state index in [1.54, 1.807) is 13.0 Å². The van der Waals surface area contributed by atoms with Crippen LogP contribution in [0, 0.1) is 11.3 Å². The van der Waals surface area contributed by atoms with Crippen molar-refractivity contribution in [3.05, 3.63) is 24.0 Å². The van der Waals surface area contributed by atoms with Gasteiger partial charge in [0.25, 0.3) is 0 Å². The molecular formula is C12H15N3O4S. The molecule has 1 heterocycles. The van der Waals surface area contributed by atoms with Gasteiger partial charge >= 0.3 is 5.97 Å². The molecule has 1 aromatic rings. The minimum atomic E-state index is -3.95. The third kappa shape index (κ3) is 3.31. The van der Waals surface area contributed by atoms with Gasteiger partial charge in [-0.15, -0.1) is 0 Å². The van der Waals surface area contributed by atoms with Crippen molar-refractivity contribution in [3.8, 4) is 6.07 Å². The predicted molar refractivity (Wildman–Crippen MR) is 70.2 cm³/mol. The zero-order valence-electron chi connectivity index (χ0n) is 11.1. The summed E-state index contributed by atoms with van der Waals surface area (Å²) in [6, 6.07) is 3.72. The molecule has 108 valence electrons. The molecular weight excluding hydrogens is 282 g/mol. The molecule has 0 radical (unpaired) electrons. The van der Waals surface area contributed by atoms with Crippen LogP contribution in [-0.4, -0.2) is 41.4 Å². The van der Waals surface area contributed by atoms with E-state index in [9.17, 15) is 13.2 Å². The number of aliphatic carboxylic acids is 1. The Morgan fingerprint density at radius 3 is 2.75 bits per heavy atom. The van der Waals surface area contributed by atoms with Gasteiger partial charge < -0.3 is 5.11 Å². The standard InChI is InChI=1S/C12H15N3O4S/c1-3-15(9(2)7-12(16)17)20(18,19)11-5-4-6-14-10(11)8-13/h4-6,9H,3,7H2,1-2H3,(H,16,17). The second-order valence-corrected chi connectivity index (χ2v) is 5.98. The Kier molecular flexibility index (Phi) is 5.19. The summed E-state index contributed by atoms with van der Waals surface area (Å²) < 4.78 is 26.1. The minimum absolute atomic E-state index is 0.108. The maximum atomic E-state index is 12.5. The Morgan fingerprint density at radius 2 is 2.25 bits per heavy atom. The molecule has 1 unspecified atom stereocenters. The first-order chi connectivity index (χ1) is 9.34. The summed E-state index contributed by atoms with van der Waals surface area (Å²) in [6.45, 7) is 3.23. The lowest BCUT2D eigenvalue weighted by Gasteiger charge is -2.26. The van der Waals surface area contributed by atoms with E-state index >= 15 is 0 Å². The number of rotatable bonds is 6. The average molecular weight is 297 g/mol. The smallest absolute Gasteiger partial charge is 0.304 e. The highest BCUT2D eigenvalue weighted by molar-refractivity contribution is 7.89. The number of carbonyl (C=O) groups is 1. The lowest BCUT2D eigenvalue weighted by molar-refractivity contribution is -0.137. The van der Waals surface area contributed by atoms with Crippen LogP contribution in [0.15, 0.2) is 23.2 Å². The molecule has 0 aromatic carbocycles. The Hall–Kier alpha value is -1.98. The van der Waals surface area contributed by atoms with Gasteiger partial charge in [-0.1, -0.05) is 6.92 Å². The highest BCUT2D eigenvalue weighted by Crippen LogP contribution is 2.21. The van der Waals surface area contributed by atoms with Crippen molar-refractivity contribution >= 4 is 16.0 Å². The van der Waals surface area contributed by atoms with Crippen LogP contribution in [0.2, 0.25) is 0 Å². The van der Waals surface area contributed by atoms with Gasteiger partial charge in [0.15, 0.2) is 5.69 Å². The Morgan fingerprint density at radius 1 is 1.60 bits per heavy atom. The molecule has 0 amide bonds. The van der Waals surface area contributed by atoms with E-state index in [0.29, 0.717) is 0 Å². The Bertz CT molecular complexity index is 636. The highest BCUT2D eigenvalue weighted by atomic mass is 32.2. The largest absolute Gasteiger partial charge is 0.481 e. The maximum absolute atomic E-state index is 12.5. The van der Waals surface area contributed by atoms with Gasteiger partial charge in [0.1, 0.15) is 11.0 Å². The zero-order chi connectivity index (χ0) is 15.3. The molecule has 0 spiro atoms. The molecule has 0 saturated heterocycles. The summed E-state index contributed by atoms with van der Waals surface area (Å²) in [5, 5.41) is 17.7. The van der Waals surface area contributed by atoms with Crippen LogP contribution in [0.1, 0.15) is 26.0 Å². The van der Waals surface area contributed by atoms with Crippen LogP contribution in [0.3, 0.4) is 0 Å². The van der Waals surface area contributed by atoms with Gasteiger partial charge in [0, 0.05) is 18.8 Å². The van der Waals surface area contributed by atoms with Gasteiger partial charge in [-0.05, 0) is 19.1 Å². The number of sulfonamides is 1. The van der Waals surface area contributed by atoms with E-state index in [4.69, 9.17) is 10.4 Å². The Labute approximate surface area is 117 Å². The SMILES string of the molecule is CCN(C(C)CC(=O)O)S(=O)(=O)c1cccnc1C#N. The second-order valence-electron chi connectivity index (χ2n) is 4.12. The van der Waals surface area contributed by atoms with Crippen LogP contribution in [-0.2, 0) is 14.8 Å². The molecule has 1 atom stereocenters. The average Bonchev–Trinajstić information content (AvgIpc) is 2.38. The fraction of sp³-hybridized carbons (Fsp3) is 0.417. The summed E-state index contributed by atoms with van der Waals surface area (Å²) in [7, 11) is -3.95. The number of carboxylic acid groups (broad SMARTS) is 1. The van der Waals surface area contributed by atoms with E-state index in [0.717, 1.165) is 4.31 Å². The van der Waals surface area contributed by atoms with Crippen molar-refractivity contribution in [1.82, 2.24) is 9.29 Å². The van der Waals surface area contributed by atoms with Crippen LogP contribution < -0.4 is 0 Å². The number of pyridine rings is 1. The number of nitrogens with zero attached hydrogens (tertiary/aromatic N) is 3. The minimum Gasteiger partial charge on any atom is -0.481 e. The van der Waals surface area contributed by atoms with Gasteiger partial charge in [-0.25, -0.2) is 13.4 Å². The molecule has 1 N–H and O–H groups in total. The van der Waals surface area contributed by atoms with Crippen molar-refractivity contribution < 1.29 is 18.3 Å². The lowest BCUT2D eigenvalue weighted by Crippen LogP contribution is -2.40. The van der Waals surface area contributed by atoms with Gasteiger partial charge in [-0.2, -0.15) is 9.57 Å². The quantitative estimate of drug-likeness (QED) is 0.832. The molecule has 8 heteroatoms. The summed E-state index contributed by atoms with van der Waals surface area (Å²) >= 11 is 0. The third-order valence-electron chi connectivity index (χ3n) is 2.74. The molecule has 0 aliphatic heterocycles. The van der Waals surface area contributed by atoms with Gasteiger partial charge in [0.05, 0.1) is 6.42 Å². The van der Waals surface area contributed by atoms with Gasteiger partial charge in [-0.3, -0.25) is 4.79 Å². The first kappa shape index (κ1) is 16.1. The van der Waals surface area contributed by atoms with E-state index in [1.165, 1.54) is 25.3 Å². The molecule has 0 fully saturated rings.